The lowest BCUT2D eigenvalue weighted by Gasteiger charge is -2.33. The van der Waals surface area contributed by atoms with Crippen LogP contribution in [0.3, 0.4) is 0 Å². The Morgan fingerprint density at radius 3 is 2.81 bits per heavy atom. The van der Waals surface area contributed by atoms with Crippen molar-refractivity contribution in [3.8, 4) is 0 Å². The van der Waals surface area contributed by atoms with Gasteiger partial charge in [0.1, 0.15) is 6.04 Å². The average molecular weight is 245 g/mol. The van der Waals surface area contributed by atoms with Gasteiger partial charge in [-0.2, -0.15) is 12.6 Å². The molecule has 0 aliphatic carbocycles. The summed E-state index contributed by atoms with van der Waals surface area (Å²) in [5.74, 6) is 0.0125. The Balaban J connectivity index is 2.56. The van der Waals surface area contributed by atoms with Crippen molar-refractivity contribution < 1.29 is 9.59 Å². The SMILES string of the molecule is CC(=O)NC(CS)C(=O)N1CCCC(N)C1. The number of likely N-dealkylation sites (tertiary alicyclic amines) is 1. The number of hydrogen-bond donors (Lipinski definition) is 3. The third-order valence-electron chi connectivity index (χ3n) is 2.63. The number of nitrogens with one attached hydrogen (secondary N) is 1. The Bertz CT molecular complexity index is 273. The van der Waals surface area contributed by atoms with Crippen LogP contribution in [0.1, 0.15) is 19.8 Å². The van der Waals surface area contributed by atoms with Gasteiger partial charge in [-0.1, -0.05) is 0 Å². The van der Waals surface area contributed by atoms with E-state index in [1.807, 2.05) is 0 Å². The third kappa shape index (κ3) is 3.68. The van der Waals surface area contributed by atoms with Gasteiger partial charge in [-0.15, -0.1) is 0 Å². The molecule has 0 radical (unpaired) electrons. The lowest BCUT2D eigenvalue weighted by atomic mass is 10.1. The van der Waals surface area contributed by atoms with Crippen LogP contribution in [0.4, 0.5) is 0 Å². The number of hydrogen-bond acceptors (Lipinski definition) is 4. The molecule has 1 saturated heterocycles. The first-order chi connectivity index (χ1) is 7.54. The van der Waals surface area contributed by atoms with Crippen LogP contribution in [0.5, 0.6) is 0 Å². The van der Waals surface area contributed by atoms with Crippen molar-refractivity contribution in [3.63, 3.8) is 0 Å². The maximum absolute atomic E-state index is 12.0. The summed E-state index contributed by atoms with van der Waals surface area (Å²) in [6.07, 6.45) is 1.88. The molecule has 1 heterocycles. The fourth-order valence-electron chi connectivity index (χ4n) is 1.86. The van der Waals surface area contributed by atoms with Crippen LogP contribution < -0.4 is 11.1 Å². The van der Waals surface area contributed by atoms with Gasteiger partial charge in [-0.3, -0.25) is 9.59 Å². The molecule has 1 fully saturated rings. The van der Waals surface area contributed by atoms with Crippen molar-refractivity contribution in [2.24, 2.45) is 5.73 Å². The topological polar surface area (TPSA) is 75.4 Å². The summed E-state index contributed by atoms with van der Waals surface area (Å²) < 4.78 is 0. The number of nitrogens with zero attached hydrogens (tertiary/aromatic N) is 1. The zero-order chi connectivity index (χ0) is 12.1. The first-order valence-electron chi connectivity index (χ1n) is 5.47. The molecule has 0 aromatic carbocycles. The van der Waals surface area contributed by atoms with Crippen molar-refractivity contribution in [2.45, 2.75) is 31.8 Å². The van der Waals surface area contributed by atoms with E-state index in [0.29, 0.717) is 12.3 Å². The van der Waals surface area contributed by atoms with Gasteiger partial charge >= 0.3 is 0 Å². The van der Waals surface area contributed by atoms with Gasteiger partial charge in [-0.25, -0.2) is 0 Å². The summed E-state index contributed by atoms with van der Waals surface area (Å²) in [6.45, 7) is 2.69. The van der Waals surface area contributed by atoms with Crippen LogP contribution >= 0.6 is 12.6 Å². The second-order valence-electron chi connectivity index (χ2n) is 4.12. The minimum absolute atomic E-state index is 0.0515. The van der Waals surface area contributed by atoms with Gasteiger partial charge in [0.2, 0.25) is 11.8 Å². The predicted octanol–water partition coefficient (Wildman–Crippen LogP) is -0.629. The second-order valence-corrected chi connectivity index (χ2v) is 4.49. The van der Waals surface area contributed by atoms with E-state index in [4.69, 9.17) is 5.73 Å². The van der Waals surface area contributed by atoms with E-state index in [-0.39, 0.29) is 17.9 Å². The average Bonchev–Trinajstić information content (AvgIpc) is 2.24. The van der Waals surface area contributed by atoms with E-state index in [9.17, 15) is 9.59 Å². The molecule has 3 N–H and O–H groups in total. The molecule has 2 unspecified atom stereocenters. The Hall–Kier alpha value is -0.750. The maximum atomic E-state index is 12.0. The molecule has 0 spiro atoms. The summed E-state index contributed by atoms with van der Waals surface area (Å²) in [7, 11) is 0. The zero-order valence-corrected chi connectivity index (χ0v) is 10.4. The molecule has 5 nitrogen and oxygen atoms in total. The van der Waals surface area contributed by atoms with Gasteiger partial charge in [0.05, 0.1) is 0 Å². The number of carbonyl (C=O) groups excluding carboxylic acids is 2. The van der Waals surface area contributed by atoms with E-state index >= 15 is 0 Å². The monoisotopic (exact) mass is 245 g/mol. The van der Waals surface area contributed by atoms with E-state index in [1.165, 1.54) is 6.92 Å². The molecular weight excluding hydrogens is 226 g/mol. The highest BCUT2D eigenvalue weighted by Crippen LogP contribution is 2.10. The molecule has 16 heavy (non-hydrogen) atoms. The molecule has 0 aromatic heterocycles. The fourth-order valence-corrected chi connectivity index (χ4v) is 2.11. The normalized spacial score (nSPS) is 22.7. The van der Waals surface area contributed by atoms with Crippen LogP contribution in [0.25, 0.3) is 0 Å². The number of rotatable bonds is 3. The molecule has 0 saturated carbocycles. The molecule has 1 aliphatic rings. The highest BCUT2D eigenvalue weighted by Gasteiger charge is 2.27. The zero-order valence-electron chi connectivity index (χ0n) is 9.48. The van der Waals surface area contributed by atoms with Crippen LogP contribution in [-0.2, 0) is 9.59 Å². The first-order valence-corrected chi connectivity index (χ1v) is 6.10. The number of thiol groups is 1. The number of nitrogens with two attached hydrogens (primary N) is 1. The highest BCUT2D eigenvalue weighted by molar-refractivity contribution is 7.80. The predicted molar refractivity (Wildman–Crippen MR) is 65.2 cm³/mol. The minimum Gasteiger partial charge on any atom is -0.344 e. The lowest BCUT2D eigenvalue weighted by molar-refractivity contribution is -0.136. The van der Waals surface area contributed by atoms with Gasteiger partial charge in [0, 0.05) is 31.8 Å². The Morgan fingerprint density at radius 2 is 2.31 bits per heavy atom. The maximum Gasteiger partial charge on any atom is 0.246 e. The molecule has 1 aliphatic heterocycles. The highest BCUT2D eigenvalue weighted by atomic mass is 32.1. The van der Waals surface area contributed by atoms with Crippen molar-refractivity contribution in [1.29, 1.82) is 0 Å². The summed E-state index contributed by atoms with van der Waals surface area (Å²) in [5.41, 5.74) is 5.81. The number of amides is 2. The quantitative estimate of drug-likeness (QED) is 0.580. The van der Waals surface area contributed by atoms with Crippen molar-refractivity contribution >= 4 is 24.4 Å². The summed E-state index contributed by atoms with van der Waals surface area (Å²) in [6, 6.07) is -0.485. The molecule has 6 heteroatoms. The summed E-state index contributed by atoms with van der Waals surface area (Å²) in [5, 5.41) is 2.59. The van der Waals surface area contributed by atoms with Crippen LogP contribution in [-0.4, -0.2) is 47.6 Å². The van der Waals surface area contributed by atoms with Crippen LogP contribution in [0, 0.1) is 0 Å². The van der Waals surface area contributed by atoms with Crippen molar-refractivity contribution in [2.75, 3.05) is 18.8 Å². The van der Waals surface area contributed by atoms with Gasteiger partial charge < -0.3 is 16.0 Å². The molecule has 0 bridgehead atoms. The fraction of sp³-hybridized carbons (Fsp3) is 0.800. The summed E-state index contributed by atoms with van der Waals surface area (Å²) >= 11 is 4.08. The van der Waals surface area contributed by atoms with Gasteiger partial charge in [0.25, 0.3) is 0 Å². The van der Waals surface area contributed by atoms with Crippen LogP contribution in [0.2, 0.25) is 0 Å². The second kappa shape index (κ2) is 6.10. The van der Waals surface area contributed by atoms with E-state index in [0.717, 1.165) is 19.4 Å². The van der Waals surface area contributed by atoms with Crippen LogP contribution in [0.15, 0.2) is 0 Å². The van der Waals surface area contributed by atoms with Crippen molar-refractivity contribution in [3.05, 3.63) is 0 Å². The molecule has 92 valence electrons. The number of carbonyl (C=O) groups is 2. The van der Waals surface area contributed by atoms with Crippen molar-refractivity contribution in [1.82, 2.24) is 10.2 Å². The van der Waals surface area contributed by atoms with Gasteiger partial charge in [-0.05, 0) is 12.8 Å². The van der Waals surface area contributed by atoms with Gasteiger partial charge in [0.15, 0.2) is 0 Å². The van der Waals surface area contributed by atoms with E-state index in [2.05, 4.69) is 17.9 Å². The minimum atomic E-state index is -0.536. The lowest BCUT2D eigenvalue weighted by Crippen LogP contribution is -2.54. The summed E-state index contributed by atoms with van der Waals surface area (Å²) in [4.78, 5) is 24.7. The molecule has 2 atom stereocenters. The Kier molecular flexibility index (Phi) is 5.08. The largest absolute Gasteiger partial charge is 0.344 e. The Labute approximate surface area is 101 Å². The molecular formula is C10H19N3O2S. The Morgan fingerprint density at radius 1 is 1.62 bits per heavy atom. The number of piperidine rings is 1. The van der Waals surface area contributed by atoms with E-state index in [1.54, 1.807) is 4.90 Å². The molecule has 2 amide bonds. The third-order valence-corrected chi connectivity index (χ3v) is 2.99. The molecule has 1 rings (SSSR count). The smallest absolute Gasteiger partial charge is 0.246 e. The molecule has 0 aromatic rings. The first kappa shape index (κ1) is 13.3. The van der Waals surface area contributed by atoms with E-state index < -0.39 is 6.04 Å². The standard InChI is InChI=1S/C10H19N3O2S/c1-7(14)12-9(6-16)10(15)13-4-2-3-8(11)5-13/h8-9,16H,2-6,11H2,1H3,(H,12,14).